The van der Waals surface area contributed by atoms with Crippen molar-refractivity contribution in [1.82, 2.24) is 4.90 Å². The van der Waals surface area contributed by atoms with Gasteiger partial charge in [0, 0.05) is 19.5 Å². The summed E-state index contributed by atoms with van der Waals surface area (Å²) in [4.78, 5) is 14.4. The molecular formula is C25H35NOS. The van der Waals surface area contributed by atoms with Crippen molar-refractivity contribution in [3.63, 3.8) is 0 Å². The van der Waals surface area contributed by atoms with Gasteiger partial charge in [-0.2, -0.15) is 11.3 Å². The summed E-state index contributed by atoms with van der Waals surface area (Å²) in [6.45, 7) is 5.14. The topological polar surface area (TPSA) is 20.3 Å². The van der Waals surface area contributed by atoms with Crippen LogP contribution in [0, 0.1) is 34.5 Å². The van der Waals surface area contributed by atoms with Crippen molar-refractivity contribution >= 4 is 23.3 Å². The van der Waals surface area contributed by atoms with Gasteiger partial charge in [0.15, 0.2) is 0 Å². The van der Waals surface area contributed by atoms with E-state index in [9.17, 15) is 4.79 Å². The molecule has 3 aliphatic carbocycles. The number of likely N-dealkylation sites (tertiary alicyclic amines) is 1. The van der Waals surface area contributed by atoms with E-state index in [2.05, 4.69) is 54.8 Å². The lowest BCUT2D eigenvalue weighted by atomic mass is 9.47. The smallest absolute Gasteiger partial charge is 0.222 e. The van der Waals surface area contributed by atoms with Crippen LogP contribution < -0.4 is 0 Å². The number of rotatable bonds is 2. The van der Waals surface area contributed by atoms with Crippen molar-refractivity contribution in [2.45, 2.75) is 71.3 Å². The summed E-state index contributed by atoms with van der Waals surface area (Å²) in [6, 6.07) is 2.71. The highest BCUT2D eigenvalue weighted by molar-refractivity contribution is 7.08. The summed E-state index contributed by atoms with van der Waals surface area (Å²) in [5.41, 5.74) is 2.19. The van der Waals surface area contributed by atoms with E-state index >= 15 is 0 Å². The van der Waals surface area contributed by atoms with Crippen LogP contribution in [0.1, 0.15) is 70.8 Å². The summed E-state index contributed by atoms with van der Waals surface area (Å²) < 4.78 is 0. The number of fused-ring (bicyclic) bond motifs is 5. The fourth-order valence-corrected chi connectivity index (χ4v) is 8.73. The summed E-state index contributed by atoms with van der Waals surface area (Å²) in [7, 11) is 2.07. The number of thiophene rings is 1. The molecule has 0 spiro atoms. The lowest BCUT2D eigenvalue weighted by molar-refractivity contribution is -0.157. The monoisotopic (exact) mass is 397 g/mol. The standard InChI is InChI=1S/C25H35NOS/c1-24-13-10-21-19(7-9-22-25(21,2)14-11-23(27)26(22)3)20(24)8-6-18(24)5-4-17-12-15-28-16-17/h4-5,12,15-16,18-22H,6-11,13-14H2,1-3H3/b5-4+/t18-,19-,20-,21-,22?,24+,25+/m0/s1. The molecule has 152 valence electrons. The van der Waals surface area contributed by atoms with Gasteiger partial charge in [0.05, 0.1) is 0 Å². The minimum atomic E-state index is 0.345. The number of piperidine rings is 1. The second-order valence-electron chi connectivity index (χ2n) is 10.6. The van der Waals surface area contributed by atoms with Gasteiger partial charge in [-0.05, 0) is 102 Å². The number of hydrogen-bond acceptors (Lipinski definition) is 2. The van der Waals surface area contributed by atoms with Crippen LogP contribution in [-0.4, -0.2) is 23.9 Å². The average molecular weight is 398 g/mol. The molecule has 3 saturated carbocycles. The highest BCUT2D eigenvalue weighted by Gasteiger charge is 2.60. The van der Waals surface area contributed by atoms with Crippen LogP contribution in [-0.2, 0) is 4.79 Å². The maximum Gasteiger partial charge on any atom is 0.222 e. The molecule has 4 fully saturated rings. The van der Waals surface area contributed by atoms with Crippen LogP contribution >= 0.6 is 11.3 Å². The van der Waals surface area contributed by atoms with Gasteiger partial charge in [-0.1, -0.05) is 26.0 Å². The maximum absolute atomic E-state index is 12.3. The van der Waals surface area contributed by atoms with Crippen LogP contribution in [0.3, 0.4) is 0 Å². The molecule has 2 heterocycles. The molecule has 28 heavy (non-hydrogen) atoms. The quantitative estimate of drug-likeness (QED) is 0.578. The number of nitrogens with zero attached hydrogens (tertiary/aromatic N) is 1. The second kappa shape index (κ2) is 6.72. The van der Waals surface area contributed by atoms with E-state index < -0.39 is 0 Å². The minimum Gasteiger partial charge on any atom is -0.342 e. The van der Waals surface area contributed by atoms with Gasteiger partial charge in [-0.15, -0.1) is 0 Å². The van der Waals surface area contributed by atoms with E-state index in [0.29, 0.717) is 22.8 Å². The Kier molecular flexibility index (Phi) is 4.54. The Hall–Kier alpha value is -1.09. The molecule has 1 aromatic rings. The predicted octanol–water partition coefficient (Wildman–Crippen LogP) is 6.24. The Morgan fingerprint density at radius 2 is 1.89 bits per heavy atom. The SMILES string of the molecule is CN1C(=O)CC[C@@]2(C)C1CC[C@H]1[C@@H]3CC[C@H](/C=C/c4ccsc4)[C@@]3(C)CC[C@@H]12. The van der Waals surface area contributed by atoms with E-state index in [1.165, 1.54) is 44.1 Å². The van der Waals surface area contributed by atoms with E-state index in [4.69, 9.17) is 0 Å². The highest BCUT2D eigenvalue weighted by atomic mass is 32.1. The van der Waals surface area contributed by atoms with Crippen molar-refractivity contribution < 1.29 is 4.79 Å². The highest BCUT2D eigenvalue weighted by Crippen LogP contribution is 2.66. The van der Waals surface area contributed by atoms with Crippen molar-refractivity contribution in [2.75, 3.05) is 7.05 Å². The zero-order valence-corrected chi connectivity index (χ0v) is 18.5. The molecule has 0 aromatic carbocycles. The molecule has 0 N–H and O–H groups in total. The molecule has 0 bridgehead atoms. The fraction of sp³-hybridized carbons (Fsp3) is 0.720. The molecule has 4 aliphatic rings. The zero-order valence-electron chi connectivity index (χ0n) is 17.7. The van der Waals surface area contributed by atoms with Crippen molar-refractivity contribution in [2.24, 2.45) is 34.5 Å². The number of amides is 1. The Morgan fingerprint density at radius 3 is 2.68 bits per heavy atom. The Labute approximate surface area is 174 Å². The van der Waals surface area contributed by atoms with E-state index in [-0.39, 0.29) is 0 Å². The van der Waals surface area contributed by atoms with Crippen LogP contribution in [0.4, 0.5) is 0 Å². The molecule has 7 atom stereocenters. The van der Waals surface area contributed by atoms with Crippen molar-refractivity contribution in [3.05, 3.63) is 28.5 Å². The van der Waals surface area contributed by atoms with E-state index in [0.717, 1.165) is 36.5 Å². The van der Waals surface area contributed by atoms with E-state index in [1.54, 1.807) is 11.3 Å². The van der Waals surface area contributed by atoms with Gasteiger partial charge in [0.25, 0.3) is 0 Å². The zero-order chi connectivity index (χ0) is 19.5. The first-order valence-electron chi connectivity index (χ1n) is 11.4. The minimum absolute atomic E-state index is 0.345. The number of carbonyl (C=O) groups excluding carboxylic acids is 1. The molecule has 1 saturated heterocycles. The first-order valence-corrected chi connectivity index (χ1v) is 12.3. The number of carbonyl (C=O) groups is 1. The van der Waals surface area contributed by atoms with Crippen molar-refractivity contribution in [1.29, 1.82) is 0 Å². The fourth-order valence-electron chi connectivity index (χ4n) is 8.10. The van der Waals surface area contributed by atoms with Gasteiger partial charge in [-0.25, -0.2) is 0 Å². The van der Waals surface area contributed by atoms with Crippen molar-refractivity contribution in [3.8, 4) is 0 Å². The van der Waals surface area contributed by atoms with Gasteiger partial charge in [0.1, 0.15) is 0 Å². The Bertz CT molecular complexity index is 770. The summed E-state index contributed by atoms with van der Waals surface area (Å²) >= 11 is 1.79. The molecule has 1 aliphatic heterocycles. The van der Waals surface area contributed by atoms with Gasteiger partial charge < -0.3 is 4.90 Å². The molecule has 3 heteroatoms. The second-order valence-corrected chi connectivity index (χ2v) is 11.4. The molecular weight excluding hydrogens is 362 g/mol. The summed E-state index contributed by atoms with van der Waals surface area (Å²) in [5.74, 6) is 3.69. The first-order chi connectivity index (χ1) is 13.4. The normalized spacial score (nSPS) is 45.8. The predicted molar refractivity (Wildman–Crippen MR) is 117 cm³/mol. The van der Waals surface area contributed by atoms with Crippen LogP contribution in [0.15, 0.2) is 22.9 Å². The third-order valence-corrected chi connectivity index (χ3v) is 10.4. The first kappa shape index (κ1) is 18.9. The molecule has 0 radical (unpaired) electrons. The third kappa shape index (κ3) is 2.68. The van der Waals surface area contributed by atoms with Crippen LogP contribution in [0.5, 0.6) is 0 Å². The summed E-state index contributed by atoms with van der Waals surface area (Å²) in [5, 5.41) is 4.43. The maximum atomic E-state index is 12.3. The lowest BCUT2D eigenvalue weighted by Crippen LogP contribution is -2.61. The molecule has 1 amide bonds. The molecule has 1 unspecified atom stereocenters. The lowest BCUT2D eigenvalue weighted by Gasteiger charge is -2.61. The Balaban J connectivity index is 1.38. The van der Waals surface area contributed by atoms with E-state index in [1.807, 2.05) is 0 Å². The van der Waals surface area contributed by atoms with Crippen LogP contribution in [0.25, 0.3) is 6.08 Å². The van der Waals surface area contributed by atoms with Crippen LogP contribution in [0.2, 0.25) is 0 Å². The summed E-state index contributed by atoms with van der Waals surface area (Å²) in [6.07, 6.45) is 14.9. The largest absolute Gasteiger partial charge is 0.342 e. The van der Waals surface area contributed by atoms with Gasteiger partial charge >= 0.3 is 0 Å². The third-order valence-electron chi connectivity index (χ3n) is 9.69. The number of hydrogen-bond donors (Lipinski definition) is 0. The average Bonchev–Trinajstić information content (AvgIpc) is 3.30. The Morgan fingerprint density at radius 1 is 1.07 bits per heavy atom. The number of allylic oxidation sites excluding steroid dienone is 1. The van der Waals surface area contributed by atoms with Gasteiger partial charge in [-0.3, -0.25) is 4.79 Å². The van der Waals surface area contributed by atoms with Gasteiger partial charge in [0.2, 0.25) is 5.91 Å². The molecule has 2 nitrogen and oxygen atoms in total. The molecule has 1 aromatic heterocycles. The molecule has 5 rings (SSSR count).